The lowest BCUT2D eigenvalue weighted by molar-refractivity contribution is -0.142. The van der Waals surface area contributed by atoms with E-state index in [0.29, 0.717) is 6.61 Å². The Hall–Kier alpha value is -1.90. The molecule has 1 aromatic carbocycles. The molecule has 0 saturated carbocycles. The third-order valence-electron chi connectivity index (χ3n) is 2.29. The molecule has 3 nitrogen and oxygen atoms in total. The van der Waals surface area contributed by atoms with Gasteiger partial charge in [-0.05, 0) is 19.1 Å². The van der Waals surface area contributed by atoms with Crippen LogP contribution in [-0.2, 0) is 16.0 Å². The summed E-state index contributed by atoms with van der Waals surface area (Å²) in [6.45, 7) is 2.21. The van der Waals surface area contributed by atoms with E-state index in [4.69, 9.17) is 4.74 Å². The van der Waals surface area contributed by atoms with E-state index in [1.54, 1.807) is 6.92 Å². The minimum Gasteiger partial charge on any atom is -0.466 e. The number of nitrogens with zero attached hydrogens (tertiary/aromatic N) is 1. The van der Waals surface area contributed by atoms with Crippen LogP contribution in [0.3, 0.4) is 0 Å². The van der Waals surface area contributed by atoms with Crippen molar-refractivity contribution in [2.24, 2.45) is 0 Å². The summed E-state index contributed by atoms with van der Waals surface area (Å²) in [6.07, 6.45) is 0.235. The Bertz CT molecular complexity index is 508. The van der Waals surface area contributed by atoms with Gasteiger partial charge in [0.05, 0.1) is 24.2 Å². The number of carbonyl (C=O) groups is 1. The molecule has 1 heterocycles. The lowest BCUT2D eigenvalue weighted by atomic mass is 10.2. The monoisotopic (exact) mass is 215 g/mol. The Kier molecular flexibility index (Phi) is 3.15. The Morgan fingerprint density at radius 3 is 2.88 bits per heavy atom. The predicted octanol–water partition coefficient (Wildman–Crippen LogP) is 2.34. The summed E-state index contributed by atoms with van der Waals surface area (Å²) >= 11 is 0. The van der Waals surface area contributed by atoms with Crippen LogP contribution in [0.1, 0.15) is 12.6 Å². The molecule has 1 aromatic heterocycles. The van der Waals surface area contributed by atoms with Crippen molar-refractivity contribution in [1.82, 2.24) is 4.98 Å². The number of fused-ring (bicyclic) bond motifs is 1. The van der Waals surface area contributed by atoms with Crippen LogP contribution >= 0.6 is 0 Å². The highest BCUT2D eigenvalue weighted by Crippen LogP contribution is 2.12. The van der Waals surface area contributed by atoms with Crippen molar-refractivity contribution in [2.75, 3.05) is 6.61 Å². The van der Waals surface area contributed by atoms with Gasteiger partial charge in [0.2, 0.25) is 0 Å². The van der Waals surface area contributed by atoms with Gasteiger partial charge >= 0.3 is 5.97 Å². The molecule has 0 saturated heterocycles. The zero-order valence-corrected chi connectivity index (χ0v) is 9.14. The van der Waals surface area contributed by atoms with Crippen molar-refractivity contribution in [3.8, 4) is 0 Å². The molecule has 0 N–H and O–H groups in total. The Balaban J connectivity index is 2.22. The molecular formula is C13H13NO2. The third kappa shape index (κ3) is 2.37. The van der Waals surface area contributed by atoms with Gasteiger partial charge in [-0.1, -0.05) is 24.3 Å². The molecule has 0 unspecified atom stereocenters. The van der Waals surface area contributed by atoms with Crippen LogP contribution in [0.2, 0.25) is 0 Å². The first-order valence-corrected chi connectivity index (χ1v) is 5.30. The van der Waals surface area contributed by atoms with Crippen LogP contribution < -0.4 is 0 Å². The van der Waals surface area contributed by atoms with Crippen molar-refractivity contribution in [3.05, 3.63) is 42.1 Å². The highest BCUT2D eigenvalue weighted by atomic mass is 16.5. The first-order chi connectivity index (χ1) is 7.79. The summed E-state index contributed by atoms with van der Waals surface area (Å²) < 4.78 is 4.88. The maximum Gasteiger partial charge on any atom is 0.311 e. The van der Waals surface area contributed by atoms with Crippen LogP contribution in [-0.4, -0.2) is 17.6 Å². The molecule has 3 heteroatoms. The van der Waals surface area contributed by atoms with E-state index in [1.807, 2.05) is 36.4 Å². The smallest absolute Gasteiger partial charge is 0.311 e. The number of pyridine rings is 1. The second kappa shape index (κ2) is 4.75. The normalized spacial score (nSPS) is 10.3. The van der Waals surface area contributed by atoms with Crippen LogP contribution in [0, 0.1) is 0 Å². The average molecular weight is 215 g/mol. The van der Waals surface area contributed by atoms with E-state index in [2.05, 4.69) is 4.98 Å². The van der Waals surface area contributed by atoms with Crippen LogP contribution in [0.4, 0.5) is 0 Å². The van der Waals surface area contributed by atoms with Gasteiger partial charge in [-0.25, -0.2) is 0 Å². The van der Waals surface area contributed by atoms with E-state index in [-0.39, 0.29) is 12.4 Å². The van der Waals surface area contributed by atoms with Crippen molar-refractivity contribution in [3.63, 3.8) is 0 Å². The largest absolute Gasteiger partial charge is 0.466 e. The Morgan fingerprint density at radius 1 is 1.25 bits per heavy atom. The van der Waals surface area contributed by atoms with Crippen LogP contribution in [0.15, 0.2) is 36.4 Å². The van der Waals surface area contributed by atoms with Gasteiger partial charge in [0.1, 0.15) is 0 Å². The number of rotatable bonds is 3. The fourth-order valence-corrected chi connectivity index (χ4v) is 1.57. The number of ether oxygens (including phenoxy) is 1. The molecule has 2 aromatic rings. The molecule has 0 radical (unpaired) electrons. The predicted molar refractivity (Wildman–Crippen MR) is 62.1 cm³/mol. The zero-order valence-electron chi connectivity index (χ0n) is 9.14. The van der Waals surface area contributed by atoms with Crippen molar-refractivity contribution in [2.45, 2.75) is 13.3 Å². The van der Waals surface area contributed by atoms with E-state index in [1.165, 1.54) is 0 Å². The second-order valence-electron chi connectivity index (χ2n) is 3.48. The number of carbonyl (C=O) groups excluding carboxylic acids is 1. The summed E-state index contributed by atoms with van der Waals surface area (Å²) in [5.41, 5.74) is 1.65. The van der Waals surface area contributed by atoms with E-state index < -0.39 is 0 Å². The Morgan fingerprint density at radius 2 is 2.06 bits per heavy atom. The van der Waals surface area contributed by atoms with Gasteiger partial charge in [0.15, 0.2) is 0 Å². The third-order valence-corrected chi connectivity index (χ3v) is 2.29. The minimum atomic E-state index is -0.231. The van der Waals surface area contributed by atoms with Gasteiger partial charge in [0.25, 0.3) is 0 Å². The molecule has 0 aliphatic heterocycles. The maximum absolute atomic E-state index is 11.3. The molecule has 0 fully saturated rings. The number of benzene rings is 1. The molecule has 0 amide bonds. The molecule has 0 atom stereocenters. The lowest BCUT2D eigenvalue weighted by Gasteiger charge is -2.02. The standard InChI is InChI=1S/C13H13NO2/c1-2-16-13(15)9-11-8-7-10-5-3-4-6-12(10)14-11/h3-8H,2,9H2,1H3. The van der Waals surface area contributed by atoms with Gasteiger partial charge in [-0.15, -0.1) is 0 Å². The quantitative estimate of drug-likeness (QED) is 0.738. The number of aromatic nitrogens is 1. The summed E-state index contributed by atoms with van der Waals surface area (Å²) in [7, 11) is 0. The summed E-state index contributed by atoms with van der Waals surface area (Å²) in [6, 6.07) is 11.7. The molecule has 82 valence electrons. The highest BCUT2D eigenvalue weighted by molar-refractivity contribution is 5.79. The molecular weight excluding hydrogens is 202 g/mol. The molecule has 0 aliphatic rings. The number of hydrogen-bond donors (Lipinski definition) is 0. The van der Waals surface area contributed by atoms with E-state index in [9.17, 15) is 4.79 Å². The first-order valence-electron chi connectivity index (χ1n) is 5.30. The number of esters is 1. The topological polar surface area (TPSA) is 39.2 Å². The summed E-state index contributed by atoms with van der Waals surface area (Å²) in [5.74, 6) is -0.231. The fraction of sp³-hybridized carbons (Fsp3) is 0.231. The van der Waals surface area contributed by atoms with E-state index in [0.717, 1.165) is 16.6 Å². The number of para-hydroxylation sites is 1. The van der Waals surface area contributed by atoms with Gasteiger partial charge in [-0.3, -0.25) is 9.78 Å². The summed E-state index contributed by atoms with van der Waals surface area (Å²) in [4.78, 5) is 15.7. The van der Waals surface area contributed by atoms with Crippen molar-refractivity contribution >= 4 is 16.9 Å². The van der Waals surface area contributed by atoms with Crippen molar-refractivity contribution < 1.29 is 9.53 Å². The minimum absolute atomic E-state index is 0.231. The van der Waals surface area contributed by atoms with Gasteiger partial charge < -0.3 is 4.74 Å². The fourth-order valence-electron chi connectivity index (χ4n) is 1.57. The van der Waals surface area contributed by atoms with Crippen LogP contribution in [0.5, 0.6) is 0 Å². The lowest BCUT2D eigenvalue weighted by Crippen LogP contribution is -2.08. The molecule has 0 aliphatic carbocycles. The van der Waals surface area contributed by atoms with Gasteiger partial charge in [-0.2, -0.15) is 0 Å². The second-order valence-corrected chi connectivity index (χ2v) is 3.48. The van der Waals surface area contributed by atoms with E-state index >= 15 is 0 Å². The number of hydrogen-bond acceptors (Lipinski definition) is 3. The van der Waals surface area contributed by atoms with Crippen LogP contribution in [0.25, 0.3) is 10.9 Å². The zero-order chi connectivity index (χ0) is 11.4. The molecule has 2 rings (SSSR count). The maximum atomic E-state index is 11.3. The molecule has 0 spiro atoms. The highest BCUT2D eigenvalue weighted by Gasteiger charge is 2.05. The first kappa shape index (κ1) is 10.6. The SMILES string of the molecule is CCOC(=O)Cc1ccc2ccccc2n1. The Labute approximate surface area is 94.1 Å². The van der Waals surface area contributed by atoms with Gasteiger partial charge in [0, 0.05) is 5.39 Å². The molecule has 0 bridgehead atoms. The average Bonchev–Trinajstić information content (AvgIpc) is 2.29. The van der Waals surface area contributed by atoms with Crippen molar-refractivity contribution in [1.29, 1.82) is 0 Å². The summed E-state index contributed by atoms with van der Waals surface area (Å²) in [5, 5.41) is 1.08. The molecule has 16 heavy (non-hydrogen) atoms.